The molecular formula is C21H25NO6. The van der Waals surface area contributed by atoms with E-state index in [0.717, 1.165) is 5.56 Å². The Kier molecular flexibility index (Phi) is 7.68. The largest absolute Gasteiger partial charge is 0.493 e. The third kappa shape index (κ3) is 5.64. The molecule has 1 unspecified atom stereocenters. The minimum atomic E-state index is -0.597. The summed E-state index contributed by atoms with van der Waals surface area (Å²) in [7, 11) is 4.36. The van der Waals surface area contributed by atoms with E-state index in [1.54, 1.807) is 24.3 Å². The molecule has 1 atom stereocenters. The van der Waals surface area contributed by atoms with Crippen LogP contribution in [0.25, 0.3) is 0 Å². The molecule has 0 heterocycles. The lowest BCUT2D eigenvalue weighted by Gasteiger charge is -2.20. The van der Waals surface area contributed by atoms with Crippen molar-refractivity contribution in [2.24, 2.45) is 0 Å². The van der Waals surface area contributed by atoms with Crippen molar-refractivity contribution in [3.63, 3.8) is 0 Å². The van der Waals surface area contributed by atoms with Gasteiger partial charge in [-0.05, 0) is 36.2 Å². The second-order valence-electron chi connectivity index (χ2n) is 6.07. The molecule has 7 nitrogen and oxygen atoms in total. The summed E-state index contributed by atoms with van der Waals surface area (Å²) in [5.41, 5.74) is 1.62. The lowest BCUT2D eigenvalue weighted by Crippen LogP contribution is -2.34. The van der Waals surface area contributed by atoms with Gasteiger partial charge in [-0.2, -0.15) is 0 Å². The second-order valence-corrected chi connectivity index (χ2v) is 6.07. The standard InChI is InChI=1S/C21H25NO6/c1-14-7-5-6-8-17(14)28-13-20(23)22-16(12-21(24)27-4)15-9-10-18(25-2)19(11-15)26-3/h5-11,16H,12-13H2,1-4H3,(H,22,23). The minimum Gasteiger partial charge on any atom is -0.493 e. The predicted molar refractivity (Wildman–Crippen MR) is 104 cm³/mol. The fourth-order valence-corrected chi connectivity index (χ4v) is 2.67. The van der Waals surface area contributed by atoms with E-state index in [1.165, 1.54) is 21.3 Å². The zero-order valence-electron chi connectivity index (χ0n) is 16.5. The van der Waals surface area contributed by atoms with Gasteiger partial charge < -0.3 is 24.3 Å². The maximum atomic E-state index is 12.4. The van der Waals surface area contributed by atoms with Gasteiger partial charge in [0.1, 0.15) is 5.75 Å². The van der Waals surface area contributed by atoms with Gasteiger partial charge in [-0.15, -0.1) is 0 Å². The fraction of sp³-hybridized carbons (Fsp3) is 0.333. The van der Waals surface area contributed by atoms with E-state index in [9.17, 15) is 9.59 Å². The van der Waals surface area contributed by atoms with E-state index in [2.05, 4.69) is 5.32 Å². The second kappa shape index (κ2) is 10.2. The van der Waals surface area contributed by atoms with Crippen LogP contribution in [-0.2, 0) is 14.3 Å². The highest BCUT2D eigenvalue weighted by atomic mass is 16.5. The van der Waals surface area contributed by atoms with Crippen molar-refractivity contribution in [3.05, 3.63) is 53.6 Å². The molecule has 7 heteroatoms. The normalized spacial score (nSPS) is 11.3. The Morgan fingerprint density at radius 3 is 2.32 bits per heavy atom. The van der Waals surface area contributed by atoms with E-state index in [4.69, 9.17) is 18.9 Å². The molecule has 0 aliphatic heterocycles. The smallest absolute Gasteiger partial charge is 0.307 e. The molecule has 150 valence electrons. The average molecular weight is 387 g/mol. The third-order valence-electron chi connectivity index (χ3n) is 4.20. The number of ether oxygens (including phenoxy) is 4. The van der Waals surface area contributed by atoms with Crippen LogP contribution in [-0.4, -0.2) is 39.8 Å². The van der Waals surface area contributed by atoms with Crippen LogP contribution in [0.4, 0.5) is 0 Å². The topological polar surface area (TPSA) is 83.1 Å². The Balaban J connectivity index is 2.13. The molecule has 0 spiro atoms. The first-order valence-electron chi connectivity index (χ1n) is 8.75. The van der Waals surface area contributed by atoms with Crippen LogP contribution in [0.15, 0.2) is 42.5 Å². The zero-order valence-corrected chi connectivity index (χ0v) is 16.5. The highest BCUT2D eigenvalue weighted by molar-refractivity contribution is 5.79. The number of hydrogen-bond acceptors (Lipinski definition) is 6. The number of amides is 1. The number of hydrogen-bond donors (Lipinski definition) is 1. The van der Waals surface area contributed by atoms with Crippen LogP contribution in [0, 0.1) is 6.92 Å². The first-order chi connectivity index (χ1) is 13.5. The van der Waals surface area contributed by atoms with E-state index < -0.39 is 12.0 Å². The van der Waals surface area contributed by atoms with Crippen molar-refractivity contribution in [1.82, 2.24) is 5.32 Å². The number of aryl methyl sites for hydroxylation is 1. The Morgan fingerprint density at radius 1 is 0.964 bits per heavy atom. The van der Waals surface area contributed by atoms with Gasteiger partial charge >= 0.3 is 5.97 Å². The Morgan fingerprint density at radius 2 is 1.68 bits per heavy atom. The van der Waals surface area contributed by atoms with Crippen molar-refractivity contribution in [2.45, 2.75) is 19.4 Å². The minimum absolute atomic E-state index is 0.0257. The molecule has 28 heavy (non-hydrogen) atoms. The van der Waals surface area contributed by atoms with E-state index in [1.807, 2.05) is 25.1 Å². The molecule has 0 saturated heterocycles. The molecule has 0 aliphatic carbocycles. The first-order valence-corrected chi connectivity index (χ1v) is 8.75. The summed E-state index contributed by atoms with van der Waals surface area (Å²) < 4.78 is 20.9. The lowest BCUT2D eigenvalue weighted by molar-refractivity contribution is -0.141. The molecular weight excluding hydrogens is 362 g/mol. The molecule has 2 aromatic rings. The third-order valence-corrected chi connectivity index (χ3v) is 4.20. The summed E-state index contributed by atoms with van der Waals surface area (Å²) in [4.78, 5) is 24.2. The molecule has 0 aliphatic rings. The Labute approximate surface area is 164 Å². The highest BCUT2D eigenvalue weighted by Crippen LogP contribution is 2.31. The summed E-state index contributed by atoms with van der Waals surface area (Å²) in [5.74, 6) is 0.887. The molecule has 2 aromatic carbocycles. The zero-order chi connectivity index (χ0) is 20.5. The van der Waals surface area contributed by atoms with Gasteiger partial charge in [0.25, 0.3) is 5.91 Å². The lowest BCUT2D eigenvalue weighted by atomic mass is 10.0. The number of carbonyl (C=O) groups excluding carboxylic acids is 2. The maximum absolute atomic E-state index is 12.4. The molecule has 0 bridgehead atoms. The summed E-state index contributed by atoms with van der Waals surface area (Å²) in [6, 6.07) is 12.0. The van der Waals surface area contributed by atoms with E-state index in [0.29, 0.717) is 22.8 Å². The van der Waals surface area contributed by atoms with Crippen LogP contribution >= 0.6 is 0 Å². The van der Waals surface area contributed by atoms with Gasteiger partial charge in [-0.3, -0.25) is 9.59 Å². The number of rotatable bonds is 9. The summed E-state index contributed by atoms with van der Waals surface area (Å²) >= 11 is 0. The van der Waals surface area contributed by atoms with Crippen molar-refractivity contribution in [3.8, 4) is 17.2 Å². The highest BCUT2D eigenvalue weighted by Gasteiger charge is 2.21. The van der Waals surface area contributed by atoms with E-state index >= 15 is 0 Å². The first kappa shape index (κ1) is 21.1. The Bertz CT molecular complexity index is 820. The average Bonchev–Trinajstić information content (AvgIpc) is 2.71. The molecule has 0 fully saturated rings. The number of esters is 1. The molecule has 0 radical (unpaired) electrons. The van der Waals surface area contributed by atoms with Gasteiger partial charge in [0.05, 0.1) is 33.8 Å². The molecule has 0 aromatic heterocycles. The molecule has 2 rings (SSSR count). The number of para-hydroxylation sites is 1. The molecule has 0 saturated carbocycles. The van der Waals surface area contributed by atoms with Gasteiger partial charge in [0, 0.05) is 0 Å². The van der Waals surface area contributed by atoms with Crippen molar-refractivity contribution in [2.75, 3.05) is 27.9 Å². The van der Waals surface area contributed by atoms with Gasteiger partial charge in [-0.1, -0.05) is 24.3 Å². The van der Waals surface area contributed by atoms with Gasteiger partial charge in [-0.25, -0.2) is 0 Å². The summed E-state index contributed by atoms with van der Waals surface area (Å²) in [6.45, 7) is 1.73. The van der Waals surface area contributed by atoms with Gasteiger partial charge in [0.2, 0.25) is 0 Å². The fourth-order valence-electron chi connectivity index (χ4n) is 2.67. The summed E-state index contributed by atoms with van der Waals surface area (Å²) in [5, 5.41) is 2.82. The van der Waals surface area contributed by atoms with Gasteiger partial charge in [0.15, 0.2) is 18.1 Å². The van der Waals surface area contributed by atoms with Crippen LogP contribution in [0.1, 0.15) is 23.6 Å². The monoisotopic (exact) mass is 387 g/mol. The number of benzene rings is 2. The maximum Gasteiger partial charge on any atom is 0.307 e. The van der Waals surface area contributed by atoms with Crippen molar-refractivity contribution >= 4 is 11.9 Å². The van der Waals surface area contributed by atoms with Crippen LogP contribution in [0.5, 0.6) is 17.2 Å². The summed E-state index contributed by atoms with van der Waals surface area (Å²) in [6.07, 6.45) is -0.0257. The number of nitrogens with one attached hydrogen (secondary N) is 1. The van der Waals surface area contributed by atoms with Crippen LogP contribution in [0.3, 0.4) is 0 Å². The van der Waals surface area contributed by atoms with Crippen LogP contribution in [0.2, 0.25) is 0 Å². The van der Waals surface area contributed by atoms with Crippen molar-refractivity contribution in [1.29, 1.82) is 0 Å². The van der Waals surface area contributed by atoms with E-state index in [-0.39, 0.29) is 18.9 Å². The predicted octanol–water partition coefficient (Wildman–Crippen LogP) is 2.81. The quantitative estimate of drug-likeness (QED) is 0.666. The molecule has 1 amide bonds. The van der Waals surface area contributed by atoms with Crippen molar-refractivity contribution < 1.29 is 28.5 Å². The number of carbonyl (C=O) groups is 2. The Hall–Kier alpha value is -3.22. The number of methoxy groups -OCH3 is 3. The van der Waals surface area contributed by atoms with Crippen LogP contribution < -0.4 is 19.5 Å². The SMILES string of the molecule is COC(=O)CC(NC(=O)COc1ccccc1C)c1ccc(OC)c(OC)c1. The molecule has 1 N–H and O–H groups in total.